The van der Waals surface area contributed by atoms with Crippen molar-refractivity contribution in [2.75, 3.05) is 11.4 Å². The lowest BCUT2D eigenvalue weighted by molar-refractivity contribution is 0.534. The van der Waals surface area contributed by atoms with E-state index in [1.807, 2.05) is 0 Å². The minimum Gasteiger partial charge on any atom is -0.368 e. The number of halogens is 1. The molecule has 106 valence electrons. The Morgan fingerprint density at radius 1 is 1.32 bits per heavy atom. The molecule has 2 N–H and O–H groups in total. The van der Waals surface area contributed by atoms with Gasteiger partial charge in [0.05, 0.1) is 0 Å². The Labute approximate surface area is 125 Å². The molecule has 1 aromatic carbocycles. The zero-order valence-electron chi connectivity index (χ0n) is 12.0. The van der Waals surface area contributed by atoms with E-state index in [0.717, 1.165) is 11.0 Å². The molecule has 1 fully saturated rings. The van der Waals surface area contributed by atoms with Crippen molar-refractivity contribution in [2.45, 2.75) is 52.1 Å². The number of hydrogen-bond donors (Lipinski definition) is 1. The molecule has 2 nitrogen and oxygen atoms in total. The summed E-state index contributed by atoms with van der Waals surface area (Å²) < 4.78 is 1.12. The molecule has 0 aliphatic heterocycles. The molecule has 0 aromatic heterocycles. The van der Waals surface area contributed by atoms with Gasteiger partial charge in [-0.2, -0.15) is 0 Å². The van der Waals surface area contributed by atoms with Gasteiger partial charge in [-0.1, -0.05) is 42.6 Å². The van der Waals surface area contributed by atoms with Crippen molar-refractivity contribution in [1.29, 1.82) is 0 Å². The van der Waals surface area contributed by atoms with E-state index in [4.69, 9.17) is 5.73 Å². The zero-order chi connectivity index (χ0) is 13.8. The highest BCUT2D eigenvalue weighted by molar-refractivity contribution is 9.10. The lowest BCUT2D eigenvalue weighted by Crippen LogP contribution is -2.37. The molecule has 19 heavy (non-hydrogen) atoms. The van der Waals surface area contributed by atoms with Gasteiger partial charge in [0.15, 0.2) is 0 Å². The predicted octanol–water partition coefficient (Wildman–Crippen LogP) is 4.31. The van der Waals surface area contributed by atoms with Crippen molar-refractivity contribution in [1.82, 2.24) is 0 Å². The lowest BCUT2D eigenvalue weighted by atomic mass is 10.1. The summed E-state index contributed by atoms with van der Waals surface area (Å²) in [5, 5.41) is 0. The van der Waals surface area contributed by atoms with E-state index < -0.39 is 0 Å². The summed E-state index contributed by atoms with van der Waals surface area (Å²) in [7, 11) is 0. The van der Waals surface area contributed by atoms with Crippen LogP contribution in [0.15, 0.2) is 22.7 Å². The van der Waals surface area contributed by atoms with Crippen LogP contribution in [0.25, 0.3) is 0 Å². The Balaban J connectivity index is 2.30. The van der Waals surface area contributed by atoms with E-state index in [0.29, 0.717) is 18.5 Å². The second-order valence-electron chi connectivity index (χ2n) is 5.96. The van der Waals surface area contributed by atoms with E-state index in [-0.39, 0.29) is 0 Å². The summed E-state index contributed by atoms with van der Waals surface area (Å²) >= 11 is 3.55. The number of nitrogens with zero attached hydrogens (tertiary/aromatic N) is 1. The van der Waals surface area contributed by atoms with Gasteiger partial charge in [0.2, 0.25) is 0 Å². The van der Waals surface area contributed by atoms with Crippen LogP contribution in [0.1, 0.15) is 45.1 Å². The highest BCUT2D eigenvalue weighted by Gasteiger charge is 2.24. The minimum atomic E-state index is 0.607. The maximum atomic E-state index is 5.94. The van der Waals surface area contributed by atoms with Gasteiger partial charge in [0, 0.05) is 29.3 Å². The topological polar surface area (TPSA) is 29.3 Å². The fraction of sp³-hybridized carbons (Fsp3) is 0.625. The van der Waals surface area contributed by atoms with Crippen LogP contribution in [0, 0.1) is 5.92 Å². The first kappa shape index (κ1) is 14.9. The summed E-state index contributed by atoms with van der Waals surface area (Å²) in [6.07, 6.45) is 5.39. The van der Waals surface area contributed by atoms with Crippen molar-refractivity contribution < 1.29 is 0 Å². The van der Waals surface area contributed by atoms with Crippen molar-refractivity contribution in [3.63, 3.8) is 0 Å². The van der Waals surface area contributed by atoms with Crippen LogP contribution in [0.5, 0.6) is 0 Å². The van der Waals surface area contributed by atoms with Gasteiger partial charge in [-0.05, 0) is 42.5 Å². The Bertz CT molecular complexity index is 411. The number of nitrogens with two attached hydrogens (primary N) is 1. The number of anilines is 1. The van der Waals surface area contributed by atoms with E-state index >= 15 is 0 Å². The number of hydrogen-bond acceptors (Lipinski definition) is 2. The average molecular weight is 325 g/mol. The smallest absolute Gasteiger partial charge is 0.0415 e. The summed E-state index contributed by atoms with van der Waals surface area (Å²) in [5.74, 6) is 0.676. The van der Waals surface area contributed by atoms with Crippen LogP contribution < -0.4 is 10.6 Å². The molecule has 0 spiro atoms. The highest BCUT2D eigenvalue weighted by atomic mass is 79.9. The summed E-state index contributed by atoms with van der Waals surface area (Å²) in [4.78, 5) is 2.60. The van der Waals surface area contributed by atoms with E-state index in [9.17, 15) is 0 Å². The van der Waals surface area contributed by atoms with Crippen LogP contribution >= 0.6 is 15.9 Å². The molecule has 0 heterocycles. The molecule has 0 bridgehead atoms. The first-order valence-electron chi connectivity index (χ1n) is 7.37. The first-order chi connectivity index (χ1) is 9.11. The van der Waals surface area contributed by atoms with Gasteiger partial charge >= 0.3 is 0 Å². The molecule has 0 unspecified atom stereocenters. The van der Waals surface area contributed by atoms with Crippen molar-refractivity contribution in [2.24, 2.45) is 11.7 Å². The van der Waals surface area contributed by atoms with Crippen molar-refractivity contribution in [3.05, 3.63) is 28.2 Å². The van der Waals surface area contributed by atoms with Crippen molar-refractivity contribution in [3.8, 4) is 0 Å². The Morgan fingerprint density at radius 2 is 2.00 bits per heavy atom. The minimum absolute atomic E-state index is 0.607. The van der Waals surface area contributed by atoms with Gasteiger partial charge in [-0.25, -0.2) is 0 Å². The third-order valence-electron chi connectivity index (χ3n) is 3.90. The monoisotopic (exact) mass is 324 g/mol. The van der Waals surface area contributed by atoms with E-state index in [1.54, 1.807) is 0 Å². The highest BCUT2D eigenvalue weighted by Crippen LogP contribution is 2.32. The van der Waals surface area contributed by atoms with E-state index in [1.165, 1.54) is 36.9 Å². The molecule has 2 rings (SSSR count). The molecular weight excluding hydrogens is 300 g/mol. The molecule has 3 heteroatoms. The van der Waals surface area contributed by atoms with E-state index in [2.05, 4.69) is 52.9 Å². The van der Waals surface area contributed by atoms with Crippen LogP contribution in [0.2, 0.25) is 0 Å². The van der Waals surface area contributed by atoms with Crippen LogP contribution in [0.4, 0.5) is 5.69 Å². The molecule has 1 aliphatic carbocycles. The molecule has 0 amide bonds. The molecule has 1 aliphatic rings. The predicted molar refractivity (Wildman–Crippen MR) is 86.5 cm³/mol. The second kappa shape index (κ2) is 6.76. The second-order valence-corrected chi connectivity index (χ2v) is 6.88. The first-order valence-corrected chi connectivity index (χ1v) is 8.16. The fourth-order valence-corrected chi connectivity index (χ4v) is 3.46. The summed E-state index contributed by atoms with van der Waals surface area (Å²) in [6.45, 7) is 6.32. The van der Waals surface area contributed by atoms with Crippen molar-refractivity contribution >= 4 is 21.6 Å². The standard InChI is InChI=1S/C16H25BrN2/c1-12(2)11-19(15-5-3-4-6-15)16-8-7-14(17)9-13(16)10-18/h7-9,12,15H,3-6,10-11,18H2,1-2H3. The van der Waals surface area contributed by atoms with Crippen LogP contribution in [-0.2, 0) is 6.54 Å². The Kier molecular flexibility index (Phi) is 5.28. The lowest BCUT2D eigenvalue weighted by Gasteiger charge is -2.34. The Hall–Kier alpha value is -0.540. The average Bonchev–Trinajstić information content (AvgIpc) is 2.89. The normalized spacial score (nSPS) is 16.3. The third kappa shape index (κ3) is 3.73. The summed E-state index contributed by atoms with van der Waals surface area (Å²) in [6, 6.07) is 7.23. The third-order valence-corrected chi connectivity index (χ3v) is 4.39. The van der Waals surface area contributed by atoms with Crippen LogP contribution in [0.3, 0.4) is 0 Å². The largest absolute Gasteiger partial charge is 0.368 e. The summed E-state index contributed by atoms with van der Waals surface area (Å²) in [5.41, 5.74) is 8.53. The number of benzene rings is 1. The van der Waals surface area contributed by atoms with Gasteiger partial charge in [0.25, 0.3) is 0 Å². The molecule has 1 aromatic rings. The van der Waals surface area contributed by atoms with Gasteiger partial charge < -0.3 is 10.6 Å². The van der Waals surface area contributed by atoms with Crippen LogP contribution in [-0.4, -0.2) is 12.6 Å². The molecule has 1 saturated carbocycles. The zero-order valence-corrected chi connectivity index (χ0v) is 13.6. The molecule has 0 radical (unpaired) electrons. The van der Waals surface area contributed by atoms with Gasteiger partial charge in [-0.3, -0.25) is 0 Å². The maximum Gasteiger partial charge on any atom is 0.0415 e. The quantitative estimate of drug-likeness (QED) is 0.874. The Morgan fingerprint density at radius 3 is 2.58 bits per heavy atom. The molecule has 0 saturated heterocycles. The maximum absolute atomic E-state index is 5.94. The fourth-order valence-electron chi connectivity index (χ4n) is 3.05. The number of rotatable bonds is 5. The molecule has 0 atom stereocenters. The molecular formula is C16H25BrN2. The SMILES string of the molecule is CC(C)CN(c1ccc(Br)cc1CN)C1CCCC1. The van der Waals surface area contributed by atoms with Gasteiger partial charge in [0.1, 0.15) is 0 Å². The van der Waals surface area contributed by atoms with Gasteiger partial charge in [-0.15, -0.1) is 0 Å².